The summed E-state index contributed by atoms with van der Waals surface area (Å²) in [4.78, 5) is 31.0. The SMILES string of the molecule is CC(=O)N(c1nc(COC(=O)c2ccc(Cn3cccn3)o2)cs1)c1c(C)cc(C)cc1C. The van der Waals surface area contributed by atoms with Gasteiger partial charge in [0, 0.05) is 24.7 Å². The van der Waals surface area contributed by atoms with Crippen molar-refractivity contribution in [1.82, 2.24) is 14.8 Å². The number of nitrogens with zero attached hydrogens (tertiary/aromatic N) is 4. The Morgan fingerprint density at radius 1 is 1.18 bits per heavy atom. The van der Waals surface area contributed by atoms with Crippen molar-refractivity contribution in [3.63, 3.8) is 0 Å². The fraction of sp³-hybridized carbons (Fsp3) is 0.250. The van der Waals surface area contributed by atoms with Crippen LogP contribution < -0.4 is 4.90 Å². The van der Waals surface area contributed by atoms with Crippen LogP contribution in [0.5, 0.6) is 0 Å². The van der Waals surface area contributed by atoms with Crippen molar-refractivity contribution in [1.29, 1.82) is 0 Å². The molecule has 1 amide bonds. The van der Waals surface area contributed by atoms with Gasteiger partial charge in [0.2, 0.25) is 11.7 Å². The molecule has 0 atom stereocenters. The summed E-state index contributed by atoms with van der Waals surface area (Å²) in [6.07, 6.45) is 3.49. The first-order valence-corrected chi connectivity index (χ1v) is 11.3. The summed E-state index contributed by atoms with van der Waals surface area (Å²) >= 11 is 1.33. The van der Waals surface area contributed by atoms with E-state index < -0.39 is 5.97 Å². The van der Waals surface area contributed by atoms with Gasteiger partial charge >= 0.3 is 5.97 Å². The van der Waals surface area contributed by atoms with Crippen molar-refractivity contribution in [2.24, 2.45) is 0 Å². The molecule has 1 aromatic carbocycles. The van der Waals surface area contributed by atoms with Crippen molar-refractivity contribution in [2.75, 3.05) is 4.90 Å². The second kappa shape index (κ2) is 9.41. The number of carbonyl (C=O) groups is 2. The summed E-state index contributed by atoms with van der Waals surface area (Å²) in [6, 6.07) is 9.19. The third-order valence-electron chi connectivity index (χ3n) is 5.00. The average Bonchev–Trinajstić information content (AvgIpc) is 3.51. The topological polar surface area (TPSA) is 90.5 Å². The number of amides is 1. The number of aryl methyl sites for hydroxylation is 3. The van der Waals surface area contributed by atoms with E-state index in [1.165, 1.54) is 18.3 Å². The molecule has 0 aliphatic heterocycles. The molecule has 4 rings (SSSR count). The molecule has 0 spiro atoms. The number of hydrogen-bond acceptors (Lipinski definition) is 7. The van der Waals surface area contributed by atoms with Crippen LogP contribution in [-0.2, 0) is 22.7 Å². The lowest BCUT2D eigenvalue weighted by atomic mass is 10.0. The minimum absolute atomic E-state index is 0.0257. The van der Waals surface area contributed by atoms with Crippen molar-refractivity contribution in [3.8, 4) is 0 Å². The highest BCUT2D eigenvalue weighted by Crippen LogP contribution is 2.34. The Morgan fingerprint density at radius 3 is 2.61 bits per heavy atom. The fourth-order valence-corrected chi connectivity index (χ4v) is 4.57. The molecule has 0 bridgehead atoms. The molecule has 0 saturated heterocycles. The van der Waals surface area contributed by atoms with Gasteiger partial charge in [-0.1, -0.05) is 17.7 Å². The molecule has 0 fully saturated rings. The second-order valence-electron chi connectivity index (χ2n) is 7.77. The Hall–Kier alpha value is -3.72. The molecule has 0 aliphatic rings. The highest BCUT2D eigenvalue weighted by molar-refractivity contribution is 7.14. The average molecular weight is 465 g/mol. The van der Waals surface area contributed by atoms with Crippen LogP contribution in [0.2, 0.25) is 0 Å². The van der Waals surface area contributed by atoms with E-state index in [0.717, 1.165) is 22.4 Å². The van der Waals surface area contributed by atoms with E-state index in [4.69, 9.17) is 9.15 Å². The van der Waals surface area contributed by atoms with E-state index >= 15 is 0 Å². The molecule has 33 heavy (non-hydrogen) atoms. The van der Waals surface area contributed by atoms with Gasteiger partial charge in [-0.25, -0.2) is 9.78 Å². The molecule has 0 aliphatic carbocycles. The molecule has 4 aromatic rings. The van der Waals surface area contributed by atoms with E-state index in [-0.39, 0.29) is 18.3 Å². The monoisotopic (exact) mass is 464 g/mol. The number of esters is 1. The van der Waals surface area contributed by atoms with Crippen LogP contribution in [0.25, 0.3) is 0 Å². The van der Waals surface area contributed by atoms with E-state index in [0.29, 0.717) is 23.1 Å². The Labute approximate surface area is 195 Å². The van der Waals surface area contributed by atoms with Crippen molar-refractivity contribution in [2.45, 2.75) is 40.8 Å². The van der Waals surface area contributed by atoms with Crippen LogP contribution >= 0.6 is 11.3 Å². The number of thiazole rings is 1. The third kappa shape index (κ3) is 5.04. The minimum atomic E-state index is -0.579. The number of hydrogen-bond donors (Lipinski definition) is 0. The predicted octanol–water partition coefficient (Wildman–Crippen LogP) is 4.95. The van der Waals surface area contributed by atoms with Gasteiger partial charge in [0.1, 0.15) is 12.4 Å². The van der Waals surface area contributed by atoms with Crippen LogP contribution in [0.1, 0.15) is 45.6 Å². The lowest BCUT2D eigenvalue weighted by Gasteiger charge is -2.23. The van der Waals surface area contributed by atoms with Gasteiger partial charge in [0.15, 0.2) is 5.13 Å². The second-order valence-corrected chi connectivity index (χ2v) is 8.61. The molecule has 0 saturated carbocycles. The highest BCUT2D eigenvalue weighted by atomic mass is 32.1. The number of furan rings is 1. The van der Waals surface area contributed by atoms with Gasteiger partial charge in [-0.05, 0) is 50.1 Å². The Morgan fingerprint density at radius 2 is 1.94 bits per heavy atom. The Balaban J connectivity index is 1.44. The lowest BCUT2D eigenvalue weighted by Crippen LogP contribution is -2.24. The van der Waals surface area contributed by atoms with Crippen LogP contribution in [0.3, 0.4) is 0 Å². The molecule has 0 N–H and O–H groups in total. The van der Waals surface area contributed by atoms with E-state index in [1.54, 1.807) is 33.3 Å². The van der Waals surface area contributed by atoms with Gasteiger partial charge in [0.05, 0.1) is 17.9 Å². The summed E-state index contributed by atoms with van der Waals surface area (Å²) < 4.78 is 12.6. The molecule has 3 aromatic heterocycles. The van der Waals surface area contributed by atoms with Gasteiger partial charge in [0.25, 0.3) is 0 Å². The molecule has 8 nitrogen and oxygen atoms in total. The molecule has 9 heteroatoms. The van der Waals surface area contributed by atoms with Crippen LogP contribution in [0.4, 0.5) is 10.8 Å². The first-order valence-electron chi connectivity index (χ1n) is 10.4. The summed E-state index contributed by atoms with van der Waals surface area (Å²) in [7, 11) is 0. The summed E-state index contributed by atoms with van der Waals surface area (Å²) in [5.74, 6) is -0.000402. The third-order valence-corrected chi connectivity index (χ3v) is 5.87. The zero-order valence-electron chi connectivity index (χ0n) is 18.9. The van der Waals surface area contributed by atoms with Gasteiger partial charge in [-0.3, -0.25) is 14.4 Å². The maximum Gasteiger partial charge on any atom is 0.374 e. The fourth-order valence-electron chi connectivity index (χ4n) is 3.72. The summed E-state index contributed by atoms with van der Waals surface area (Å²) in [6.45, 7) is 7.89. The first-order chi connectivity index (χ1) is 15.8. The van der Waals surface area contributed by atoms with Crippen molar-refractivity contribution in [3.05, 3.63) is 82.0 Å². The van der Waals surface area contributed by atoms with Crippen molar-refractivity contribution < 1.29 is 18.7 Å². The number of rotatable bonds is 7. The molecule has 3 heterocycles. The number of aromatic nitrogens is 3. The number of anilines is 2. The summed E-state index contributed by atoms with van der Waals surface area (Å²) in [5, 5.41) is 6.42. The van der Waals surface area contributed by atoms with Gasteiger partial charge in [-0.2, -0.15) is 5.10 Å². The van der Waals surface area contributed by atoms with Crippen LogP contribution in [0.15, 0.2) is 52.5 Å². The van der Waals surface area contributed by atoms with Gasteiger partial charge < -0.3 is 9.15 Å². The van der Waals surface area contributed by atoms with Crippen molar-refractivity contribution >= 4 is 34.0 Å². The number of benzene rings is 1. The van der Waals surface area contributed by atoms with Gasteiger partial charge in [-0.15, -0.1) is 11.3 Å². The van der Waals surface area contributed by atoms with E-state index in [2.05, 4.69) is 10.1 Å². The number of carbonyl (C=O) groups excluding carboxylic acids is 2. The molecular weight excluding hydrogens is 440 g/mol. The zero-order chi connectivity index (χ0) is 23.5. The largest absolute Gasteiger partial charge is 0.453 e. The van der Waals surface area contributed by atoms with Crippen LogP contribution in [0, 0.1) is 20.8 Å². The maximum atomic E-state index is 12.5. The van der Waals surface area contributed by atoms with Crippen LogP contribution in [-0.4, -0.2) is 26.6 Å². The Kier molecular flexibility index (Phi) is 6.41. The van der Waals surface area contributed by atoms with E-state index in [9.17, 15) is 9.59 Å². The zero-order valence-corrected chi connectivity index (χ0v) is 19.7. The smallest absolute Gasteiger partial charge is 0.374 e. The van der Waals surface area contributed by atoms with E-state index in [1.807, 2.05) is 45.2 Å². The summed E-state index contributed by atoms with van der Waals surface area (Å²) in [5.41, 5.74) is 4.51. The molecule has 0 unspecified atom stereocenters. The maximum absolute atomic E-state index is 12.5. The normalized spacial score (nSPS) is 10.9. The first kappa shape index (κ1) is 22.5. The molecule has 170 valence electrons. The molecular formula is C24H24N4O4S. The predicted molar refractivity (Wildman–Crippen MR) is 125 cm³/mol. The quantitative estimate of drug-likeness (QED) is 0.360. The Bertz CT molecular complexity index is 1270. The molecule has 0 radical (unpaired) electrons. The standard InChI is InChI=1S/C24H24N4O4S/c1-15-10-16(2)22(17(3)11-15)28(18(4)29)24-26-19(14-33-24)13-31-23(30)21-7-6-20(32-21)12-27-9-5-8-25-27/h5-11,14H,12-13H2,1-4H3. The lowest BCUT2D eigenvalue weighted by molar-refractivity contribution is -0.115. The minimum Gasteiger partial charge on any atom is -0.453 e. The number of ether oxygens (including phenoxy) is 1. The highest BCUT2D eigenvalue weighted by Gasteiger charge is 2.22.